The van der Waals surface area contributed by atoms with E-state index in [1.54, 1.807) is 5.57 Å². The highest BCUT2D eigenvalue weighted by molar-refractivity contribution is 5.43. The van der Waals surface area contributed by atoms with E-state index in [1.807, 2.05) is 0 Å². The molecule has 0 aliphatic heterocycles. The Morgan fingerprint density at radius 1 is 0.750 bits per heavy atom. The second-order valence-electron chi connectivity index (χ2n) is 8.45. The van der Waals surface area contributed by atoms with Crippen LogP contribution in [0.2, 0.25) is 0 Å². The molecule has 0 aromatic heterocycles. The quantitative estimate of drug-likeness (QED) is 0.517. The van der Waals surface area contributed by atoms with Gasteiger partial charge in [-0.25, -0.2) is 0 Å². The monoisotopic (exact) mass is 364 g/mol. The van der Waals surface area contributed by atoms with Gasteiger partial charge in [0, 0.05) is 11.8 Å². The molecule has 0 spiro atoms. The highest BCUT2D eigenvalue weighted by Gasteiger charge is 2.26. The second kappa shape index (κ2) is 7.80. The summed E-state index contributed by atoms with van der Waals surface area (Å²) >= 11 is 0. The summed E-state index contributed by atoms with van der Waals surface area (Å²) in [6.07, 6.45) is 18.3. The van der Waals surface area contributed by atoms with Crippen molar-refractivity contribution >= 4 is 0 Å². The molecule has 140 valence electrons. The minimum absolute atomic E-state index is 0.524. The summed E-state index contributed by atoms with van der Waals surface area (Å²) in [7, 11) is 0. The summed E-state index contributed by atoms with van der Waals surface area (Å²) in [5, 5.41) is 0. The fourth-order valence-electron chi connectivity index (χ4n) is 5.17. The van der Waals surface area contributed by atoms with Crippen LogP contribution in [0, 0.1) is 5.92 Å². The smallest absolute Gasteiger partial charge is 0.00894 e. The fourth-order valence-corrected chi connectivity index (χ4v) is 5.17. The lowest BCUT2D eigenvalue weighted by atomic mass is 9.81. The first-order chi connectivity index (χ1) is 13.9. The molecule has 2 aromatic rings. The maximum Gasteiger partial charge on any atom is 0.00894 e. The molecule has 4 bridgehead atoms. The fraction of sp³-hybridized carbons (Fsp3) is 0.286. The van der Waals surface area contributed by atoms with E-state index < -0.39 is 0 Å². The number of rotatable bonds is 2. The van der Waals surface area contributed by atoms with Crippen molar-refractivity contribution in [1.29, 1.82) is 0 Å². The van der Waals surface area contributed by atoms with E-state index in [1.165, 1.54) is 41.5 Å². The summed E-state index contributed by atoms with van der Waals surface area (Å²) in [4.78, 5) is 0. The molecule has 0 amide bonds. The van der Waals surface area contributed by atoms with Crippen molar-refractivity contribution in [3.05, 3.63) is 119 Å². The molecule has 28 heavy (non-hydrogen) atoms. The summed E-state index contributed by atoms with van der Waals surface area (Å²) in [6, 6.07) is 22.2. The second-order valence-corrected chi connectivity index (χ2v) is 8.45. The third-order valence-corrected chi connectivity index (χ3v) is 6.70. The predicted molar refractivity (Wildman–Crippen MR) is 118 cm³/mol. The highest BCUT2D eigenvalue weighted by atomic mass is 14.3. The maximum absolute atomic E-state index is 2.55. The van der Waals surface area contributed by atoms with Crippen LogP contribution in [0.3, 0.4) is 0 Å². The van der Waals surface area contributed by atoms with Gasteiger partial charge in [-0.3, -0.25) is 0 Å². The van der Waals surface area contributed by atoms with Gasteiger partial charge in [-0.05, 0) is 54.7 Å². The Morgan fingerprint density at radius 3 is 2.29 bits per heavy atom. The van der Waals surface area contributed by atoms with Crippen LogP contribution in [0.5, 0.6) is 0 Å². The lowest BCUT2D eigenvalue weighted by Crippen LogP contribution is -2.09. The van der Waals surface area contributed by atoms with Crippen molar-refractivity contribution in [1.82, 2.24) is 0 Å². The van der Waals surface area contributed by atoms with Crippen LogP contribution < -0.4 is 0 Å². The summed E-state index contributed by atoms with van der Waals surface area (Å²) in [5.41, 5.74) is 7.63. The Labute approximate surface area is 169 Å². The van der Waals surface area contributed by atoms with Gasteiger partial charge in [-0.2, -0.15) is 0 Å². The molecule has 3 atom stereocenters. The minimum atomic E-state index is 0.524. The average molecular weight is 365 g/mol. The molecular weight excluding hydrogens is 336 g/mol. The van der Waals surface area contributed by atoms with Crippen molar-refractivity contribution in [2.24, 2.45) is 5.92 Å². The van der Waals surface area contributed by atoms with Crippen molar-refractivity contribution in [3.63, 3.8) is 0 Å². The van der Waals surface area contributed by atoms with Crippen molar-refractivity contribution < 1.29 is 0 Å². The maximum atomic E-state index is 2.55. The molecule has 3 unspecified atom stereocenters. The Balaban J connectivity index is 1.46. The topological polar surface area (TPSA) is 0 Å². The number of fused-ring (bicyclic) bond motifs is 2. The predicted octanol–water partition coefficient (Wildman–Crippen LogP) is 7.50. The van der Waals surface area contributed by atoms with Crippen LogP contribution in [0.4, 0.5) is 0 Å². The van der Waals surface area contributed by atoms with Gasteiger partial charge in [0.15, 0.2) is 0 Å². The van der Waals surface area contributed by atoms with Gasteiger partial charge in [0.2, 0.25) is 0 Å². The molecule has 0 heterocycles. The lowest BCUT2D eigenvalue weighted by Gasteiger charge is -2.23. The SMILES string of the molecule is C1=CC2C=C1CCC(c1ccccc1)C1=CCC(=C1)CCC2c1ccccc1. The third kappa shape index (κ3) is 3.56. The van der Waals surface area contributed by atoms with Crippen LogP contribution in [-0.4, -0.2) is 0 Å². The molecule has 2 aromatic carbocycles. The zero-order chi connectivity index (χ0) is 18.8. The molecule has 5 rings (SSSR count). The molecule has 0 saturated carbocycles. The van der Waals surface area contributed by atoms with Gasteiger partial charge in [0.1, 0.15) is 0 Å². The number of hydrogen-bond donors (Lipinski definition) is 0. The van der Waals surface area contributed by atoms with Crippen LogP contribution in [0.25, 0.3) is 0 Å². The van der Waals surface area contributed by atoms with Crippen molar-refractivity contribution in [2.75, 3.05) is 0 Å². The molecule has 0 N–H and O–H groups in total. The summed E-state index contributed by atoms with van der Waals surface area (Å²) in [6.45, 7) is 0. The van der Waals surface area contributed by atoms with Crippen LogP contribution in [0.1, 0.15) is 55.1 Å². The van der Waals surface area contributed by atoms with E-state index in [9.17, 15) is 0 Å². The zero-order valence-corrected chi connectivity index (χ0v) is 16.4. The van der Waals surface area contributed by atoms with E-state index in [2.05, 4.69) is 91.0 Å². The van der Waals surface area contributed by atoms with Gasteiger partial charge < -0.3 is 0 Å². The van der Waals surface area contributed by atoms with Gasteiger partial charge in [0.25, 0.3) is 0 Å². The van der Waals surface area contributed by atoms with Crippen molar-refractivity contribution in [3.8, 4) is 0 Å². The molecule has 3 aliphatic rings. The molecule has 0 nitrogen and oxygen atoms in total. The molecule has 3 aliphatic carbocycles. The van der Waals surface area contributed by atoms with Crippen LogP contribution in [-0.2, 0) is 0 Å². The standard InChI is InChI=1S/C28H28/c1-3-7-23(8-4-1)27-17-13-21-12-16-26(20-21)28(24-9-5-2-6-10-24)18-14-22-11-15-25(27)19-22/h1-11,15-16,19-20,25,27-28H,12-14,17-18H2. The number of benzene rings is 2. The van der Waals surface area contributed by atoms with E-state index in [-0.39, 0.29) is 0 Å². The molecule has 0 radical (unpaired) electrons. The van der Waals surface area contributed by atoms with E-state index in [4.69, 9.17) is 0 Å². The van der Waals surface area contributed by atoms with E-state index in [0.29, 0.717) is 17.8 Å². The van der Waals surface area contributed by atoms with Crippen molar-refractivity contribution in [2.45, 2.75) is 43.9 Å². The zero-order valence-electron chi connectivity index (χ0n) is 16.4. The van der Waals surface area contributed by atoms with Crippen LogP contribution in [0.15, 0.2) is 108 Å². The largest absolute Gasteiger partial charge is 0.0767 e. The highest BCUT2D eigenvalue weighted by Crippen LogP contribution is 2.42. The molecule has 0 saturated heterocycles. The number of hydrogen-bond acceptors (Lipinski definition) is 0. The Bertz CT molecular complexity index is 940. The molecule has 0 heteroatoms. The van der Waals surface area contributed by atoms with Gasteiger partial charge in [-0.1, -0.05) is 102 Å². The Hall–Kier alpha value is -2.60. The van der Waals surface area contributed by atoms with E-state index in [0.717, 1.165) is 12.8 Å². The van der Waals surface area contributed by atoms with Gasteiger partial charge >= 0.3 is 0 Å². The van der Waals surface area contributed by atoms with Gasteiger partial charge in [-0.15, -0.1) is 0 Å². The van der Waals surface area contributed by atoms with Crippen LogP contribution >= 0.6 is 0 Å². The first-order valence-electron chi connectivity index (χ1n) is 10.7. The minimum Gasteiger partial charge on any atom is -0.0767 e. The molecular formula is C28H28. The Morgan fingerprint density at radius 2 is 1.50 bits per heavy atom. The number of allylic oxidation sites excluding steroid dienone is 8. The first-order valence-corrected chi connectivity index (χ1v) is 10.7. The van der Waals surface area contributed by atoms with E-state index >= 15 is 0 Å². The summed E-state index contributed by atoms with van der Waals surface area (Å²) < 4.78 is 0. The molecule has 0 fully saturated rings. The Kier molecular flexibility index (Phi) is 4.87. The average Bonchev–Trinajstić information content (AvgIpc) is 3.40. The third-order valence-electron chi connectivity index (χ3n) is 6.70. The first kappa shape index (κ1) is 17.5. The lowest BCUT2D eigenvalue weighted by molar-refractivity contribution is 0.547. The van der Waals surface area contributed by atoms with Gasteiger partial charge in [0.05, 0.1) is 0 Å². The normalized spacial score (nSPS) is 26.7. The summed E-state index contributed by atoms with van der Waals surface area (Å²) in [5.74, 6) is 1.65.